The summed E-state index contributed by atoms with van der Waals surface area (Å²) in [5, 5.41) is 0. The van der Waals surface area contributed by atoms with Crippen LogP contribution >= 0.6 is 0 Å². The van der Waals surface area contributed by atoms with E-state index < -0.39 is 0 Å². The van der Waals surface area contributed by atoms with Gasteiger partial charge in [-0.15, -0.1) is 0 Å². The minimum Gasteiger partial charge on any atom is -1.00 e. The molecule has 0 bridgehead atoms. The molecule has 0 rings (SSSR count). The third-order valence-electron chi connectivity index (χ3n) is 0.354. The smallest absolute Gasteiger partial charge is 1.00 e. The maximum Gasteiger partial charge on any atom is 1.00 e. The van der Waals surface area contributed by atoms with Gasteiger partial charge in [0.2, 0.25) is 0 Å². The van der Waals surface area contributed by atoms with Crippen molar-refractivity contribution in [3.63, 3.8) is 0 Å². The minimum atomic E-state index is 0. The predicted octanol–water partition coefficient (Wildman–Crippen LogP) is -2.00. The molecule has 0 fully saturated rings. The van der Waals surface area contributed by atoms with Crippen molar-refractivity contribution in [2.24, 2.45) is 0 Å². The maximum atomic E-state index is 4.85. The van der Waals surface area contributed by atoms with E-state index in [0.29, 0.717) is 0 Å². The fourth-order valence-corrected chi connectivity index (χ4v) is 0. The summed E-state index contributed by atoms with van der Waals surface area (Å²) in [6.45, 7) is 6.00. The first kappa shape index (κ1) is 11.0. The normalized spacial score (nSPS) is 10.1. The van der Waals surface area contributed by atoms with Crippen molar-refractivity contribution in [3.05, 3.63) is 0 Å². The van der Waals surface area contributed by atoms with E-state index in [4.69, 9.17) is 3.79 Å². The Morgan fingerprint density at radius 3 is 1.57 bits per heavy atom. The Bertz CT molecular complexity index is 45.8. The van der Waals surface area contributed by atoms with Crippen LogP contribution in [0.5, 0.6) is 0 Å². The maximum absolute atomic E-state index is 4.85. The number of rotatable bonds is 0. The summed E-state index contributed by atoms with van der Waals surface area (Å²) < 4.78 is 4.85. The molecule has 0 atom stereocenters. The van der Waals surface area contributed by atoms with Gasteiger partial charge < -0.3 is 5.22 Å². The second kappa shape index (κ2) is 4.02. The van der Waals surface area contributed by atoms with E-state index in [9.17, 15) is 0 Å². The second-order valence-electron chi connectivity index (χ2n) is 2.23. The zero-order valence-electron chi connectivity index (χ0n) is 6.49. The summed E-state index contributed by atoms with van der Waals surface area (Å²) in [5.41, 5.74) is 0.00463. The van der Waals surface area contributed by atoms with Crippen LogP contribution in [0.25, 0.3) is 0 Å². The van der Waals surface area contributed by atoms with E-state index in [1.165, 1.54) is 0 Å². The molecule has 7 heavy (non-hydrogen) atoms. The number of hydrogen-bond donors (Lipinski definition) is 0. The summed E-state index contributed by atoms with van der Waals surface area (Å²) in [5.74, 6) is 0. The topological polar surface area (TPSA) is 9.23 Å². The molecule has 0 N–H and O–H groups in total. The van der Waals surface area contributed by atoms with Crippen molar-refractivity contribution in [3.8, 4) is 0 Å². The Balaban J connectivity index is -0.000000125. The molecule has 0 unspecified atom stereocenters. The molecule has 0 heterocycles. The monoisotopic (exact) mass is 108 g/mol. The zero-order valence-corrected chi connectivity index (χ0v) is 6.64. The Morgan fingerprint density at radius 1 is 1.43 bits per heavy atom. The molecular weight excluding hydrogens is 98.0 g/mol. The molecule has 1 nitrogen and oxygen atoms in total. The Hall–Kier alpha value is 1.09. The van der Waals surface area contributed by atoms with Crippen molar-refractivity contribution < 1.29 is 24.1 Å². The Labute approximate surface area is 67.2 Å². The van der Waals surface area contributed by atoms with E-state index in [2.05, 4.69) is 16.6 Å². The average Bonchev–Trinajstić information content (AvgIpc) is 1.35. The molecule has 3 heteroatoms. The minimum absolute atomic E-state index is 0. The van der Waals surface area contributed by atoms with Crippen LogP contribution in [0, 0.1) is 0 Å². The van der Waals surface area contributed by atoms with Crippen LogP contribution in [-0.4, -0.2) is 22.2 Å². The van der Waals surface area contributed by atoms with Crippen molar-refractivity contribution in [2.45, 2.75) is 26.4 Å². The molecule has 0 aromatic carbocycles. The van der Waals surface area contributed by atoms with Crippen LogP contribution in [-0.2, 0) is 3.79 Å². The Kier molecular flexibility index (Phi) is 6.29. The van der Waals surface area contributed by atoms with Crippen molar-refractivity contribution in [1.29, 1.82) is 0 Å². The molecule has 36 valence electrons. The van der Waals surface area contributed by atoms with E-state index in [0.717, 1.165) is 0 Å². The van der Waals surface area contributed by atoms with Gasteiger partial charge in [-0.05, 0) is 20.8 Å². The third kappa shape index (κ3) is 11.0. The fourth-order valence-electron chi connectivity index (χ4n) is 0. The summed E-state index contributed by atoms with van der Waals surface area (Å²) >= 11 is 2.22. The predicted molar refractivity (Wildman–Crippen MR) is 27.7 cm³/mol. The molecule has 0 amide bonds. The Morgan fingerprint density at radius 2 is 1.57 bits per heavy atom. The quantitative estimate of drug-likeness (QED) is 0.326. The summed E-state index contributed by atoms with van der Waals surface area (Å²) in [6, 6.07) is 0. The van der Waals surface area contributed by atoms with Gasteiger partial charge in [-0.1, -0.05) is 0 Å². The van der Waals surface area contributed by atoms with Crippen LogP contribution in [0.15, 0.2) is 0 Å². The van der Waals surface area contributed by atoms with Gasteiger partial charge in [-0.3, -0.25) is 0 Å². The molecular formula is C4H10AlLiO. The van der Waals surface area contributed by atoms with Gasteiger partial charge in [0.15, 0.2) is 0 Å². The molecule has 0 spiro atoms. The summed E-state index contributed by atoms with van der Waals surface area (Å²) in [7, 11) is 0. The van der Waals surface area contributed by atoms with E-state index in [-0.39, 0.29) is 25.9 Å². The second-order valence-corrected chi connectivity index (χ2v) is 2.47. The average molecular weight is 108 g/mol. The van der Waals surface area contributed by atoms with Gasteiger partial charge in [0.1, 0.15) is 0 Å². The van der Waals surface area contributed by atoms with Crippen LogP contribution in [0.2, 0.25) is 0 Å². The first-order valence-electron chi connectivity index (χ1n) is 1.94. The first-order valence-corrected chi connectivity index (χ1v) is 2.41. The van der Waals surface area contributed by atoms with E-state index in [1.807, 2.05) is 20.8 Å². The standard InChI is InChI=1S/C4H9O.Al.Li.H/c1-4(2,3)5;;;/h1-3H3;;;/q-1;2*+1;-1. The van der Waals surface area contributed by atoms with Gasteiger partial charge in [0.25, 0.3) is 0 Å². The number of hydrogen-bond acceptors (Lipinski definition) is 1. The van der Waals surface area contributed by atoms with Crippen LogP contribution in [0.4, 0.5) is 0 Å². The molecule has 0 aromatic heterocycles. The van der Waals surface area contributed by atoms with Gasteiger partial charge in [0, 0.05) is 5.60 Å². The van der Waals surface area contributed by atoms with Crippen molar-refractivity contribution in [2.75, 3.05) is 0 Å². The van der Waals surface area contributed by atoms with Crippen LogP contribution in [0.3, 0.4) is 0 Å². The zero-order chi connectivity index (χ0) is 5.21. The molecule has 0 aliphatic heterocycles. The molecule has 0 aliphatic carbocycles. The molecule has 0 aromatic rings. The van der Waals surface area contributed by atoms with Gasteiger partial charge in [-0.25, -0.2) is 0 Å². The van der Waals surface area contributed by atoms with Crippen LogP contribution in [0.1, 0.15) is 22.2 Å². The summed E-state index contributed by atoms with van der Waals surface area (Å²) in [6.07, 6.45) is 0. The van der Waals surface area contributed by atoms with Crippen molar-refractivity contribution in [1.82, 2.24) is 0 Å². The van der Waals surface area contributed by atoms with E-state index in [1.54, 1.807) is 0 Å². The third-order valence-corrected chi connectivity index (χ3v) is 1.06. The van der Waals surface area contributed by atoms with E-state index >= 15 is 0 Å². The molecule has 0 saturated carbocycles. The molecule has 2 radical (unpaired) electrons. The first-order chi connectivity index (χ1) is 2.56. The SMILES string of the molecule is CC(C)(C)[O][Al].[H-].[Li+]. The van der Waals surface area contributed by atoms with Gasteiger partial charge in [0.05, 0.1) is 0 Å². The molecule has 0 aliphatic rings. The fraction of sp³-hybridized carbons (Fsp3) is 1.00. The summed E-state index contributed by atoms with van der Waals surface area (Å²) in [4.78, 5) is 0. The molecule has 0 saturated heterocycles. The van der Waals surface area contributed by atoms with Crippen molar-refractivity contribution >= 4 is 16.6 Å². The van der Waals surface area contributed by atoms with Crippen LogP contribution < -0.4 is 18.9 Å². The van der Waals surface area contributed by atoms with Gasteiger partial charge >= 0.3 is 35.5 Å². The van der Waals surface area contributed by atoms with Gasteiger partial charge in [-0.2, -0.15) is 0 Å². The largest absolute Gasteiger partial charge is 1.00 e.